The Morgan fingerprint density at radius 2 is 2.00 bits per heavy atom. The molecule has 160 valence electrons. The molecule has 3 rings (SSSR count). The molecular formula is C22H28N2O5Si. The number of carbonyl (C=O) groups is 3. The van der Waals surface area contributed by atoms with Gasteiger partial charge in [-0.1, -0.05) is 31.6 Å². The summed E-state index contributed by atoms with van der Waals surface area (Å²) < 4.78 is 11.2. The summed E-state index contributed by atoms with van der Waals surface area (Å²) in [5.41, 5.74) is 1.23. The van der Waals surface area contributed by atoms with Crippen molar-refractivity contribution in [3.05, 3.63) is 29.3 Å². The zero-order valence-electron chi connectivity index (χ0n) is 17.8. The molecule has 0 N–H and O–H groups in total. The van der Waals surface area contributed by atoms with Crippen LogP contribution in [0.15, 0.2) is 18.2 Å². The maximum Gasteiger partial charge on any atom is 0.255 e. The minimum absolute atomic E-state index is 0.0653. The Morgan fingerprint density at radius 3 is 2.70 bits per heavy atom. The summed E-state index contributed by atoms with van der Waals surface area (Å²) in [6.07, 6.45) is 5.78. The number of carbonyl (C=O) groups excluding carboxylic acids is 3. The maximum absolute atomic E-state index is 13.0. The molecule has 1 atom stereocenters. The molecule has 0 aliphatic carbocycles. The van der Waals surface area contributed by atoms with Crippen LogP contribution in [-0.4, -0.2) is 61.6 Å². The van der Waals surface area contributed by atoms with Crippen molar-refractivity contribution >= 4 is 25.8 Å². The lowest BCUT2D eigenvalue weighted by Gasteiger charge is -2.35. The maximum atomic E-state index is 13.0. The molecule has 0 spiro atoms. The largest absolute Gasteiger partial charge is 0.481 e. The van der Waals surface area contributed by atoms with Crippen LogP contribution in [0.1, 0.15) is 28.8 Å². The number of rotatable bonds is 8. The third kappa shape index (κ3) is 4.74. The standard InChI is InChI=1S/C22H28N2O5Si/c1-5-11-29-19-8-6-7-16-17(19)14-23(21(16)26)18-9-10-20(25)24(22(18)27)15-28-12-13-30(2,3)4/h1,6-8,18H,9-15H2,2-4H3. The van der Waals surface area contributed by atoms with Crippen molar-refractivity contribution < 1.29 is 23.9 Å². The number of nitrogens with zero attached hydrogens (tertiary/aromatic N) is 2. The first-order valence-corrected chi connectivity index (χ1v) is 13.8. The van der Waals surface area contributed by atoms with E-state index in [4.69, 9.17) is 15.9 Å². The number of likely N-dealkylation sites (tertiary alicyclic amines) is 1. The second-order valence-electron chi connectivity index (χ2n) is 8.77. The number of piperidine rings is 1. The van der Waals surface area contributed by atoms with Gasteiger partial charge in [0.25, 0.3) is 11.8 Å². The van der Waals surface area contributed by atoms with Crippen LogP contribution < -0.4 is 4.74 Å². The molecule has 8 heteroatoms. The number of terminal acetylenes is 1. The SMILES string of the molecule is C#CCOc1cccc2c1CN(C1CCC(=O)N(COCC[Si](C)(C)C)C1=O)C2=O. The van der Waals surface area contributed by atoms with Crippen LogP contribution in [0.2, 0.25) is 25.7 Å². The van der Waals surface area contributed by atoms with Gasteiger partial charge in [-0.2, -0.15) is 0 Å². The van der Waals surface area contributed by atoms with Gasteiger partial charge >= 0.3 is 0 Å². The molecular weight excluding hydrogens is 400 g/mol. The second kappa shape index (κ2) is 9.02. The van der Waals surface area contributed by atoms with E-state index in [9.17, 15) is 14.4 Å². The van der Waals surface area contributed by atoms with E-state index >= 15 is 0 Å². The highest BCUT2D eigenvalue weighted by Gasteiger charge is 2.43. The Hall–Kier alpha value is -2.63. The molecule has 2 aliphatic heterocycles. The lowest BCUT2D eigenvalue weighted by atomic mass is 10.0. The second-order valence-corrected chi connectivity index (χ2v) is 14.4. The van der Waals surface area contributed by atoms with Crippen LogP contribution in [-0.2, 0) is 20.9 Å². The predicted octanol–water partition coefficient (Wildman–Crippen LogP) is 2.48. The van der Waals surface area contributed by atoms with Crippen LogP contribution in [0.4, 0.5) is 0 Å². The summed E-state index contributed by atoms with van der Waals surface area (Å²) in [5.74, 6) is 2.09. The van der Waals surface area contributed by atoms with E-state index in [1.54, 1.807) is 18.2 Å². The number of hydrogen-bond donors (Lipinski definition) is 0. The number of fused-ring (bicyclic) bond motifs is 1. The van der Waals surface area contributed by atoms with Crippen molar-refractivity contribution in [2.24, 2.45) is 0 Å². The highest BCUT2D eigenvalue weighted by atomic mass is 28.3. The minimum Gasteiger partial charge on any atom is -0.481 e. The van der Waals surface area contributed by atoms with Gasteiger partial charge in [-0.15, -0.1) is 6.42 Å². The van der Waals surface area contributed by atoms with Crippen LogP contribution in [0.3, 0.4) is 0 Å². The molecule has 1 unspecified atom stereocenters. The quantitative estimate of drug-likeness (QED) is 0.275. The highest BCUT2D eigenvalue weighted by molar-refractivity contribution is 6.76. The van der Waals surface area contributed by atoms with E-state index in [1.807, 2.05) is 0 Å². The highest BCUT2D eigenvalue weighted by Crippen LogP contribution is 2.34. The molecule has 1 aromatic carbocycles. The normalized spacial score (nSPS) is 19.1. The van der Waals surface area contributed by atoms with Crippen molar-refractivity contribution in [2.45, 2.75) is 51.1 Å². The molecule has 0 aromatic heterocycles. The van der Waals surface area contributed by atoms with Gasteiger partial charge in [0.1, 0.15) is 25.1 Å². The van der Waals surface area contributed by atoms with E-state index in [1.165, 1.54) is 4.90 Å². The third-order valence-corrected chi connectivity index (χ3v) is 7.04. The van der Waals surface area contributed by atoms with Gasteiger partial charge in [0.2, 0.25) is 5.91 Å². The molecule has 0 bridgehead atoms. The summed E-state index contributed by atoms with van der Waals surface area (Å²) >= 11 is 0. The lowest BCUT2D eigenvalue weighted by Crippen LogP contribution is -2.55. The van der Waals surface area contributed by atoms with Gasteiger partial charge in [0, 0.05) is 32.2 Å². The number of ether oxygens (including phenoxy) is 2. The first-order valence-electron chi connectivity index (χ1n) is 10.1. The summed E-state index contributed by atoms with van der Waals surface area (Å²) in [6.45, 7) is 7.52. The average molecular weight is 429 g/mol. The molecule has 2 heterocycles. The van der Waals surface area contributed by atoms with Gasteiger partial charge in [-0.05, 0) is 24.6 Å². The van der Waals surface area contributed by atoms with Crippen molar-refractivity contribution in [1.29, 1.82) is 0 Å². The summed E-state index contributed by atoms with van der Waals surface area (Å²) in [7, 11) is -1.26. The smallest absolute Gasteiger partial charge is 0.255 e. The zero-order chi connectivity index (χ0) is 21.9. The van der Waals surface area contributed by atoms with E-state index in [2.05, 4.69) is 25.6 Å². The Kier molecular flexibility index (Phi) is 6.63. The van der Waals surface area contributed by atoms with Crippen molar-refractivity contribution in [3.63, 3.8) is 0 Å². The molecule has 1 fully saturated rings. The summed E-state index contributed by atoms with van der Waals surface area (Å²) in [6, 6.07) is 5.47. The molecule has 0 saturated carbocycles. The van der Waals surface area contributed by atoms with Crippen molar-refractivity contribution in [2.75, 3.05) is 19.9 Å². The Labute approximate surface area is 178 Å². The molecule has 0 radical (unpaired) electrons. The molecule has 3 amide bonds. The first-order chi connectivity index (χ1) is 14.2. The summed E-state index contributed by atoms with van der Waals surface area (Å²) in [4.78, 5) is 41.0. The molecule has 1 saturated heterocycles. The Bertz CT molecular complexity index is 886. The molecule has 30 heavy (non-hydrogen) atoms. The third-order valence-electron chi connectivity index (χ3n) is 5.34. The first kappa shape index (κ1) is 22.1. The van der Waals surface area contributed by atoms with Crippen LogP contribution in [0.25, 0.3) is 0 Å². The van der Waals surface area contributed by atoms with Crippen LogP contribution in [0.5, 0.6) is 5.75 Å². The van der Waals surface area contributed by atoms with Crippen molar-refractivity contribution in [3.8, 4) is 18.1 Å². The number of hydrogen-bond acceptors (Lipinski definition) is 5. The fraction of sp³-hybridized carbons (Fsp3) is 0.500. The van der Waals surface area contributed by atoms with Gasteiger partial charge in [0.15, 0.2) is 0 Å². The zero-order valence-corrected chi connectivity index (χ0v) is 18.8. The summed E-state index contributed by atoms with van der Waals surface area (Å²) in [5, 5.41) is 0. The van der Waals surface area contributed by atoms with E-state index in [-0.39, 0.29) is 44.0 Å². The number of imide groups is 1. The van der Waals surface area contributed by atoms with Gasteiger partial charge < -0.3 is 14.4 Å². The topological polar surface area (TPSA) is 76.2 Å². The predicted molar refractivity (Wildman–Crippen MR) is 114 cm³/mol. The van der Waals surface area contributed by atoms with Crippen LogP contribution >= 0.6 is 0 Å². The lowest BCUT2D eigenvalue weighted by molar-refractivity contribution is -0.158. The van der Waals surface area contributed by atoms with Crippen LogP contribution in [0, 0.1) is 12.3 Å². The fourth-order valence-electron chi connectivity index (χ4n) is 3.61. The van der Waals surface area contributed by atoms with E-state index in [0.29, 0.717) is 24.3 Å². The molecule has 1 aromatic rings. The van der Waals surface area contributed by atoms with E-state index < -0.39 is 14.1 Å². The number of amides is 3. The van der Waals surface area contributed by atoms with Gasteiger partial charge in [-0.3, -0.25) is 19.3 Å². The monoisotopic (exact) mass is 428 g/mol. The van der Waals surface area contributed by atoms with Gasteiger partial charge in [0.05, 0.1) is 6.54 Å². The van der Waals surface area contributed by atoms with Crippen molar-refractivity contribution in [1.82, 2.24) is 9.80 Å². The Morgan fingerprint density at radius 1 is 1.23 bits per heavy atom. The molecule has 2 aliphatic rings. The Balaban J connectivity index is 1.70. The fourth-order valence-corrected chi connectivity index (χ4v) is 4.37. The average Bonchev–Trinajstić information content (AvgIpc) is 3.02. The van der Waals surface area contributed by atoms with Gasteiger partial charge in [-0.25, -0.2) is 0 Å². The minimum atomic E-state index is -1.26. The van der Waals surface area contributed by atoms with E-state index in [0.717, 1.165) is 16.5 Å². The molecule has 7 nitrogen and oxygen atoms in total. The number of benzene rings is 1.